The van der Waals surface area contributed by atoms with Crippen molar-refractivity contribution < 1.29 is 172 Å². The molecule has 4 nitrogen and oxygen atoms in total. The quantitative estimate of drug-likeness (QED) is 0.0803. The predicted molar refractivity (Wildman–Crippen MR) is 141 cm³/mol. The number of ether oxygens (including phenoxy) is 1. The molecule has 0 saturated carbocycles. The molecular formula is C28H25F28NaO4. The van der Waals surface area contributed by atoms with Crippen molar-refractivity contribution in [2.75, 3.05) is 6.61 Å². The van der Waals surface area contributed by atoms with E-state index in [1.54, 1.807) is 0 Å². The first-order valence-electron chi connectivity index (χ1n) is 14.7. The van der Waals surface area contributed by atoms with Gasteiger partial charge in [0.05, 0.1) is 12.6 Å². The van der Waals surface area contributed by atoms with Crippen molar-refractivity contribution in [3.8, 4) is 0 Å². The van der Waals surface area contributed by atoms with Crippen LogP contribution < -0.4 is 34.7 Å². The molecule has 0 aliphatic rings. The Labute approximate surface area is 345 Å². The minimum absolute atomic E-state index is 0. The molecule has 0 aromatic heterocycles. The molecule has 0 heterocycles. The number of hydrogen-bond donors (Lipinski definition) is 0. The fraction of sp³-hybridized carbons (Fsp3) is 0.786. The summed E-state index contributed by atoms with van der Waals surface area (Å²) < 4.78 is 355. The van der Waals surface area contributed by atoms with Crippen LogP contribution in [0.5, 0.6) is 0 Å². The van der Waals surface area contributed by atoms with Gasteiger partial charge in [-0.05, 0) is 51.0 Å². The maximum absolute atomic E-state index is 13.9. The first-order chi connectivity index (χ1) is 25.8. The number of carbonyl (C=O) groups excluding carboxylic acids is 2. The summed E-state index contributed by atoms with van der Waals surface area (Å²) in [6, 6.07) is 0. The first-order valence-corrected chi connectivity index (χ1v) is 14.7. The molecule has 0 rings (SSSR count). The van der Waals surface area contributed by atoms with Crippen LogP contribution in [0, 0.1) is 5.92 Å². The zero-order valence-corrected chi connectivity index (χ0v) is 32.2. The summed E-state index contributed by atoms with van der Waals surface area (Å²) in [5, 5.41) is 9.49. The van der Waals surface area contributed by atoms with Crippen molar-refractivity contribution in [3.05, 3.63) is 24.3 Å². The van der Waals surface area contributed by atoms with Gasteiger partial charge < -0.3 is 14.6 Å². The van der Waals surface area contributed by atoms with E-state index in [0.29, 0.717) is 0 Å². The summed E-state index contributed by atoms with van der Waals surface area (Å²) >= 11 is 0. The SMILES string of the molecule is C=C(C)C(=O)OCCC(CC(F)(C(F)(F)F)C(F)(F)F)CC(F)(C(F)(F)F)C(F)(F)F.C=C(C)C(=O)[O-].FC(F)(F)C(F)(CCCC(F)(C(F)(F)F)C(F)(F)F)C(F)(F)F.[Na+]. The summed E-state index contributed by atoms with van der Waals surface area (Å²) in [5.74, 6) is -5.70. The number of carbonyl (C=O) groups is 2. The maximum Gasteiger partial charge on any atom is 1.00 e. The predicted octanol–water partition coefficient (Wildman–Crippen LogP) is 8.70. The van der Waals surface area contributed by atoms with Gasteiger partial charge >= 0.3 is 84.9 Å². The number of esters is 1. The van der Waals surface area contributed by atoms with Crippen molar-refractivity contribution in [2.45, 2.75) is 124 Å². The number of hydrogen-bond acceptors (Lipinski definition) is 4. The van der Waals surface area contributed by atoms with Crippen LogP contribution in [0.3, 0.4) is 0 Å². The third-order valence-electron chi connectivity index (χ3n) is 7.23. The fourth-order valence-corrected chi connectivity index (χ4v) is 3.76. The molecule has 0 aliphatic heterocycles. The maximum atomic E-state index is 13.9. The molecule has 0 aromatic carbocycles. The molecule has 0 saturated heterocycles. The van der Waals surface area contributed by atoms with Gasteiger partial charge in [0.2, 0.25) is 0 Å². The van der Waals surface area contributed by atoms with E-state index in [4.69, 9.17) is 0 Å². The number of halogens is 28. The molecule has 0 amide bonds. The second kappa shape index (κ2) is 21.4. The van der Waals surface area contributed by atoms with Crippen LogP contribution in [-0.2, 0) is 14.3 Å². The van der Waals surface area contributed by atoms with Gasteiger partial charge in [-0.15, -0.1) is 0 Å². The standard InChI is InChI=1S/C15H14F14O2.C9H6F14.C4H6O2.Na/c1-7(2)9(30)31-4-3-8(5-10(16,12(18,19)20)13(21,22)23)6-11(17,14(24,25)26)15(27,28)29;10-4(6(12,13)14,7(15,16)17)2-1-3-5(11,8(18,19)20)9(21,22)23;1-3(2)4(5)6;/h8H,1,3-6H2,2H3;1-3H2;1H2,2H3,(H,5,6);/q;;;+1/p-1. The Balaban J connectivity index is -0.000000476. The smallest absolute Gasteiger partial charge is 0.545 e. The van der Waals surface area contributed by atoms with E-state index in [1.807, 2.05) is 0 Å². The average Bonchev–Trinajstić information content (AvgIpc) is 2.96. The van der Waals surface area contributed by atoms with Crippen LogP contribution in [0.1, 0.15) is 52.4 Å². The zero-order valence-electron chi connectivity index (χ0n) is 30.2. The van der Waals surface area contributed by atoms with Crippen LogP contribution in [-0.4, -0.2) is 90.6 Å². The molecule has 358 valence electrons. The molecule has 0 bridgehead atoms. The minimum atomic E-state index is -6.81. The second-order valence-electron chi connectivity index (χ2n) is 12.1. The monoisotopic (exact) mass is 980 g/mol. The molecule has 0 spiro atoms. The summed E-state index contributed by atoms with van der Waals surface area (Å²) in [4.78, 5) is 20.6. The summed E-state index contributed by atoms with van der Waals surface area (Å²) in [7, 11) is 0. The van der Waals surface area contributed by atoms with Gasteiger partial charge in [0.15, 0.2) is 0 Å². The van der Waals surface area contributed by atoms with Gasteiger partial charge in [-0.2, -0.15) is 105 Å². The van der Waals surface area contributed by atoms with Crippen LogP contribution >= 0.6 is 0 Å². The average molecular weight is 980 g/mol. The topological polar surface area (TPSA) is 66.4 Å². The van der Waals surface area contributed by atoms with Crippen LogP contribution in [0.25, 0.3) is 0 Å². The fourth-order valence-electron chi connectivity index (χ4n) is 3.76. The van der Waals surface area contributed by atoms with Gasteiger partial charge in [0.25, 0.3) is 22.7 Å². The van der Waals surface area contributed by atoms with Crippen molar-refractivity contribution in [2.24, 2.45) is 5.92 Å². The van der Waals surface area contributed by atoms with E-state index in [2.05, 4.69) is 17.9 Å². The zero-order chi connectivity index (χ0) is 49.5. The van der Waals surface area contributed by atoms with Crippen molar-refractivity contribution in [1.29, 1.82) is 0 Å². The van der Waals surface area contributed by atoms with Gasteiger partial charge in [0, 0.05) is 18.4 Å². The molecule has 0 atom stereocenters. The Morgan fingerprint density at radius 2 is 0.672 bits per heavy atom. The molecule has 0 N–H and O–H groups in total. The molecule has 0 fully saturated rings. The van der Waals surface area contributed by atoms with Crippen molar-refractivity contribution in [1.82, 2.24) is 0 Å². The van der Waals surface area contributed by atoms with Crippen LogP contribution in [0.2, 0.25) is 0 Å². The van der Waals surface area contributed by atoms with E-state index in [-0.39, 0.29) is 35.1 Å². The third-order valence-corrected chi connectivity index (χ3v) is 7.23. The second-order valence-corrected chi connectivity index (χ2v) is 12.1. The largest absolute Gasteiger partial charge is 1.00 e. The summed E-state index contributed by atoms with van der Waals surface area (Å²) in [6.07, 6.45) is -69.5. The first kappa shape index (κ1) is 65.1. The Hall–Kier alpha value is -2.54. The number of aliphatic carboxylic acids is 1. The number of carboxylic acids is 1. The van der Waals surface area contributed by atoms with Gasteiger partial charge in [0.1, 0.15) is 0 Å². The molecule has 0 radical (unpaired) electrons. The Morgan fingerprint density at radius 1 is 0.459 bits per heavy atom. The number of carboxylic acid groups (broad SMARTS) is 1. The van der Waals surface area contributed by atoms with E-state index >= 15 is 0 Å². The van der Waals surface area contributed by atoms with Gasteiger partial charge in [-0.1, -0.05) is 13.2 Å². The molecule has 33 heteroatoms. The van der Waals surface area contributed by atoms with E-state index in [0.717, 1.165) is 6.92 Å². The molecule has 0 aliphatic carbocycles. The Kier molecular flexibility index (Phi) is 22.9. The van der Waals surface area contributed by atoms with E-state index < -0.39 is 141 Å². The molecule has 0 aromatic rings. The van der Waals surface area contributed by atoms with Crippen molar-refractivity contribution >= 4 is 11.9 Å². The van der Waals surface area contributed by atoms with Crippen molar-refractivity contribution in [3.63, 3.8) is 0 Å². The van der Waals surface area contributed by atoms with Crippen LogP contribution in [0.15, 0.2) is 24.3 Å². The Morgan fingerprint density at radius 3 is 0.836 bits per heavy atom. The summed E-state index contributed by atoms with van der Waals surface area (Å²) in [5.41, 5.74) is -25.0. The normalized spacial score (nSPS) is 14.2. The minimum Gasteiger partial charge on any atom is -0.545 e. The van der Waals surface area contributed by atoms with Crippen LogP contribution in [0.4, 0.5) is 123 Å². The molecular weight excluding hydrogens is 955 g/mol. The van der Waals surface area contributed by atoms with Gasteiger partial charge in [-0.25, -0.2) is 22.4 Å². The molecule has 0 unspecified atom stereocenters. The number of alkyl halides is 28. The van der Waals surface area contributed by atoms with E-state index in [9.17, 15) is 138 Å². The van der Waals surface area contributed by atoms with E-state index in [1.165, 1.54) is 6.92 Å². The third kappa shape index (κ3) is 17.2. The Bertz CT molecular complexity index is 1280. The summed E-state index contributed by atoms with van der Waals surface area (Å²) in [6.45, 7) is 7.15. The number of rotatable bonds is 13. The molecule has 61 heavy (non-hydrogen) atoms. The van der Waals surface area contributed by atoms with Gasteiger partial charge in [-0.3, -0.25) is 0 Å².